The SMILES string of the molecule is COC(=O)c1coc(CN2CCNCC2c2ccccc2Cl)c1.Cl. The summed E-state index contributed by atoms with van der Waals surface area (Å²) in [5.74, 6) is 0.354. The average Bonchev–Trinajstić information content (AvgIpc) is 3.04. The molecule has 1 aliphatic rings. The third-order valence-corrected chi connectivity index (χ3v) is 4.40. The van der Waals surface area contributed by atoms with E-state index < -0.39 is 0 Å². The third kappa shape index (κ3) is 4.11. The van der Waals surface area contributed by atoms with E-state index in [4.69, 9.17) is 20.8 Å². The largest absolute Gasteiger partial charge is 0.467 e. The van der Waals surface area contributed by atoms with E-state index in [2.05, 4.69) is 16.3 Å². The van der Waals surface area contributed by atoms with Crippen molar-refractivity contribution in [1.82, 2.24) is 10.2 Å². The second-order valence-electron chi connectivity index (χ2n) is 5.51. The molecule has 0 radical (unpaired) electrons. The summed E-state index contributed by atoms with van der Waals surface area (Å²) in [5.41, 5.74) is 1.54. The summed E-state index contributed by atoms with van der Waals surface area (Å²) in [6, 6.07) is 9.79. The van der Waals surface area contributed by atoms with Gasteiger partial charge < -0.3 is 14.5 Å². The molecule has 0 amide bonds. The van der Waals surface area contributed by atoms with Gasteiger partial charge in [0.05, 0.1) is 19.2 Å². The summed E-state index contributed by atoms with van der Waals surface area (Å²) >= 11 is 6.35. The summed E-state index contributed by atoms with van der Waals surface area (Å²) in [6.45, 7) is 3.23. The van der Waals surface area contributed by atoms with Crippen molar-refractivity contribution in [3.05, 3.63) is 58.5 Å². The number of esters is 1. The van der Waals surface area contributed by atoms with Crippen molar-refractivity contribution >= 4 is 30.0 Å². The molecule has 130 valence electrons. The average molecular weight is 371 g/mol. The first-order chi connectivity index (χ1) is 11.2. The Balaban J connectivity index is 0.00000208. The second kappa shape index (κ2) is 8.53. The van der Waals surface area contributed by atoms with Gasteiger partial charge in [0.15, 0.2) is 0 Å². The molecule has 0 bridgehead atoms. The number of benzene rings is 1. The van der Waals surface area contributed by atoms with Gasteiger partial charge in [0.2, 0.25) is 0 Å². The van der Waals surface area contributed by atoms with Crippen molar-refractivity contribution in [2.24, 2.45) is 0 Å². The number of methoxy groups -OCH3 is 1. The number of hydrogen-bond acceptors (Lipinski definition) is 5. The van der Waals surface area contributed by atoms with Crippen LogP contribution in [0.3, 0.4) is 0 Å². The summed E-state index contributed by atoms with van der Waals surface area (Å²) in [4.78, 5) is 13.8. The zero-order valence-corrected chi connectivity index (χ0v) is 14.9. The minimum absolute atomic E-state index is 0. The highest BCUT2D eigenvalue weighted by Gasteiger charge is 2.26. The maximum atomic E-state index is 11.5. The molecule has 7 heteroatoms. The first-order valence-electron chi connectivity index (χ1n) is 7.54. The maximum Gasteiger partial charge on any atom is 0.341 e. The number of nitrogens with one attached hydrogen (secondary N) is 1. The van der Waals surface area contributed by atoms with Gasteiger partial charge in [-0.2, -0.15) is 0 Å². The molecule has 1 unspecified atom stereocenters. The van der Waals surface area contributed by atoms with Crippen LogP contribution in [0.4, 0.5) is 0 Å². The van der Waals surface area contributed by atoms with Gasteiger partial charge in [-0.25, -0.2) is 4.79 Å². The van der Waals surface area contributed by atoms with Crippen LogP contribution in [0.5, 0.6) is 0 Å². The van der Waals surface area contributed by atoms with Gasteiger partial charge in [-0.1, -0.05) is 29.8 Å². The Bertz CT molecular complexity index is 690. The van der Waals surface area contributed by atoms with Crippen molar-refractivity contribution in [1.29, 1.82) is 0 Å². The Kier molecular flexibility index (Phi) is 6.69. The van der Waals surface area contributed by atoms with Crippen LogP contribution >= 0.6 is 24.0 Å². The number of carbonyl (C=O) groups is 1. The zero-order chi connectivity index (χ0) is 16.2. The highest BCUT2D eigenvalue weighted by molar-refractivity contribution is 6.31. The molecule has 0 spiro atoms. The third-order valence-electron chi connectivity index (χ3n) is 4.05. The molecule has 2 heterocycles. The van der Waals surface area contributed by atoms with Crippen molar-refractivity contribution in [3.8, 4) is 0 Å². The Morgan fingerprint density at radius 3 is 3.00 bits per heavy atom. The van der Waals surface area contributed by atoms with Crippen molar-refractivity contribution in [2.75, 3.05) is 26.7 Å². The van der Waals surface area contributed by atoms with Crippen molar-refractivity contribution in [3.63, 3.8) is 0 Å². The molecule has 2 aromatic rings. The fraction of sp³-hybridized carbons (Fsp3) is 0.353. The number of halogens is 2. The minimum Gasteiger partial charge on any atom is -0.467 e. The van der Waals surface area contributed by atoms with E-state index in [9.17, 15) is 4.79 Å². The number of nitrogens with zero attached hydrogens (tertiary/aromatic N) is 1. The van der Waals surface area contributed by atoms with Crippen LogP contribution in [0.15, 0.2) is 41.0 Å². The summed E-state index contributed by atoms with van der Waals surface area (Å²) < 4.78 is 10.2. The number of carbonyl (C=O) groups excluding carboxylic acids is 1. The van der Waals surface area contributed by atoms with Gasteiger partial charge >= 0.3 is 5.97 Å². The van der Waals surface area contributed by atoms with E-state index in [0.717, 1.165) is 36.0 Å². The van der Waals surface area contributed by atoms with Crippen molar-refractivity contribution < 1.29 is 13.9 Å². The van der Waals surface area contributed by atoms with E-state index >= 15 is 0 Å². The van der Waals surface area contributed by atoms with Crippen molar-refractivity contribution in [2.45, 2.75) is 12.6 Å². The molecule has 1 aromatic heterocycles. The van der Waals surface area contributed by atoms with Crippen LogP contribution in [-0.2, 0) is 11.3 Å². The molecule has 1 atom stereocenters. The van der Waals surface area contributed by atoms with Crippen LogP contribution in [0.1, 0.15) is 27.7 Å². The molecule has 1 N–H and O–H groups in total. The molecular weight excluding hydrogens is 351 g/mol. The quantitative estimate of drug-likeness (QED) is 0.836. The number of piperazine rings is 1. The first kappa shape index (κ1) is 18.8. The highest BCUT2D eigenvalue weighted by atomic mass is 35.5. The van der Waals surface area contributed by atoms with Gasteiger partial charge in [-0.05, 0) is 17.7 Å². The number of hydrogen-bond donors (Lipinski definition) is 1. The molecule has 24 heavy (non-hydrogen) atoms. The van der Waals surface area contributed by atoms with Gasteiger partial charge in [0.25, 0.3) is 0 Å². The van der Waals surface area contributed by atoms with E-state index in [0.29, 0.717) is 12.1 Å². The Labute approximate surface area is 152 Å². The second-order valence-corrected chi connectivity index (χ2v) is 5.91. The molecule has 3 rings (SSSR count). The number of rotatable bonds is 4. The molecular formula is C17H20Cl2N2O3. The first-order valence-corrected chi connectivity index (χ1v) is 7.91. The highest BCUT2D eigenvalue weighted by Crippen LogP contribution is 2.29. The van der Waals surface area contributed by atoms with E-state index in [1.807, 2.05) is 18.2 Å². The summed E-state index contributed by atoms with van der Waals surface area (Å²) in [7, 11) is 1.36. The Hall–Kier alpha value is -1.53. The summed E-state index contributed by atoms with van der Waals surface area (Å²) in [6.07, 6.45) is 1.44. The van der Waals surface area contributed by atoms with Crippen LogP contribution in [0, 0.1) is 0 Å². The Morgan fingerprint density at radius 2 is 2.25 bits per heavy atom. The Morgan fingerprint density at radius 1 is 1.46 bits per heavy atom. The lowest BCUT2D eigenvalue weighted by atomic mass is 10.0. The van der Waals surface area contributed by atoms with Gasteiger partial charge in [-0.3, -0.25) is 4.90 Å². The van der Waals surface area contributed by atoms with Crippen LogP contribution in [0.2, 0.25) is 5.02 Å². The smallest absolute Gasteiger partial charge is 0.341 e. The maximum absolute atomic E-state index is 11.5. The standard InChI is InChI=1S/C17H19ClN2O3.ClH/c1-22-17(21)12-8-13(23-11-12)10-20-7-6-19-9-16(20)14-4-2-3-5-15(14)18;/h2-5,8,11,16,19H,6-7,9-10H2,1H3;1H. The fourth-order valence-corrected chi connectivity index (χ4v) is 3.14. The predicted octanol–water partition coefficient (Wildman–Crippen LogP) is 3.29. The molecule has 1 aromatic carbocycles. The van der Waals surface area contributed by atoms with Gasteiger partial charge in [0.1, 0.15) is 12.0 Å². The van der Waals surface area contributed by atoms with Crippen LogP contribution in [-0.4, -0.2) is 37.6 Å². The lowest BCUT2D eigenvalue weighted by Gasteiger charge is -2.36. The predicted molar refractivity (Wildman–Crippen MR) is 94.8 cm³/mol. The van der Waals surface area contributed by atoms with Crippen LogP contribution in [0.25, 0.3) is 0 Å². The topological polar surface area (TPSA) is 54.7 Å². The lowest BCUT2D eigenvalue weighted by molar-refractivity contribution is 0.0600. The normalized spacial score (nSPS) is 18.0. The van der Waals surface area contributed by atoms with E-state index in [-0.39, 0.29) is 24.4 Å². The molecule has 0 aliphatic carbocycles. The molecule has 1 aliphatic heterocycles. The lowest BCUT2D eigenvalue weighted by Crippen LogP contribution is -2.45. The van der Waals surface area contributed by atoms with E-state index in [1.165, 1.54) is 13.4 Å². The fourth-order valence-electron chi connectivity index (χ4n) is 2.88. The molecule has 5 nitrogen and oxygen atoms in total. The van der Waals surface area contributed by atoms with Gasteiger partial charge in [0, 0.05) is 30.7 Å². The monoisotopic (exact) mass is 370 g/mol. The minimum atomic E-state index is -0.386. The number of ether oxygens (including phenoxy) is 1. The molecule has 1 fully saturated rings. The molecule has 1 saturated heterocycles. The van der Waals surface area contributed by atoms with Gasteiger partial charge in [-0.15, -0.1) is 12.4 Å². The number of furan rings is 1. The zero-order valence-electron chi connectivity index (χ0n) is 13.3. The molecule has 0 saturated carbocycles. The van der Waals surface area contributed by atoms with E-state index in [1.54, 1.807) is 6.07 Å². The summed E-state index contributed by atoms with van der Waals surface area (Å²) in [5, 5.41) is 4.17. The van der Waals surface area contributed by atoms with Crippen LogP contribution < -0.4 is 5.32 Å².